The van der Waals surface area contributed by atoms with Crippen LogP contribution in [0.15, 0.2) is 42.7 Å². The van der Waals surface area contributed by atoms with E-state index >= 15 is 0 Å². The molecule has 0 aromatic heterocycles. The van der Waals surface area contributed by atoms with Gasteiger partial charge in [0.2, 0.25) is 5.91 Å². The lowest BCUT2D eigenvalue weighted by molar-refractivity contribution is -0.117. The molecule has 0 aliphatic rings. The Hall–Kier alpha value is -1.77. The zero-order valence-electron chi connectivity index (χ0n) is 7.85. The van der Waals surface area contributed by atoms with Crippen LogP contribution in [0.4, 0.5) is 0 Å². The van der Waals surface area contributed by atoms with E-state index < -0.39 is 0 Å². The van der Waals surface area contributed by atoms with Gasteiger partial charge in [0.1, 0.15) is 6.61 Å². The van der Waals surface area contributed by atoms with Crippen molar-refractivity contribution in [3.05, 3.63) is 48.2 Å². The Bertz CT molecular complexity index is 306. The number of rotatable bonds is 5. The molecule has 3 nitrogen and oxygen atoms in total. The number of primary amides is 1. The van der Waals surface area contributed by atoms with Gasteiger partial charge in [0.15, 0.2) is 0 Å². The van der Waals surface area contributed by atoms with Crippen LogP contribution in [-0.4, -0.2) is 5.91 Å². The Labute approximate surface area is 83.2 Å². The highest BCUT2D eigenvalue weighted by Crippen LogP contribution is 2.00. The van der Waals surface area contributed by atoms with E-state index in [2.05, 4.69) is 0 Å². The van der Waals surface area contributed by atoms with Crippen molar-refractivity contribution in [2.45, 2.75) is 13.0 Å². The van der Waals surface area contributed by atoms with Crippen LogP contribution in [0.3, 0.4) is 0 Å². The molecule has 1 aromatic carbocycles. The van der Waals surface area contributed by atoms with Crippen molar-refractivity contribution in [3.8, 4) is 0 Å². The van der Waals surface area contributed by atoms with Crippen molar-refractivity contribution in [3.63, 3.8) is 0 Å². The van der Waals surface area contributed by atoms with Crippen LogP contribution in [0.25, 0.3) is 0 Å². The average molecular weight is 191 g/mol. The SMILES string of the molecule is NC(=O)CC=COCc1ccccc1. The van der Waals surface area contributed by atoms with Crippen LogP contribution >= 0.6 is 0 Å². The maximum Gasteiger partial charge on any atom is 0.221 e. The van der Waals surface area contributed by atoms with E-state index in [4.69, 9.17) is 10.5 Å². The third-order valence-corrected chi connectivity index (χ3v) is 1.60. The number of hydrogen-bond donors (Lipinski definition) is 1. The van der Waals surface area contributed by atoms with Gasteiger partial charge < -0.3 is 10.5 Å². The van der Waals surface area contributed by atoms with Crippen LogP contribution in [-0.2, 0) is 16.1 Å². The summed E-state index contributed by atoms with van der Waals surface area (Å²) in [6, 6.07) is 9.80. The Kier molecular flexibility index (Phi) is 4.27. The summed E-state index contributed by atoms with van der Waals surface area (Å²) < 4.78 is 5.18. The molecule has 14 heavy (non-hydrogen) atoms. The third kappa shape index (κ3) is 4.30. The molecule has 0 aliphatic heterocycles. The number of carbonyl (C=O) groups is 1. The first-order valence-corrected chi connectivity index (χ1v) is 4.38. The van der Waals surface area contributed by atoms with Crippen molar-refractivity contribution in [2.75, 3.05) is 0 Å². The van der Waals surface area contributed by atoms with Crippen LogP contribution in [0.2, 0.25) is 0 Å². The van der Waals surface area contributed by atoms with Crippen LogP contribution < -0.4 is 5.73 Å². The lowest BCUT2D eigenvalue weighted by Crippen LogP contribution is -2.08. The molecule has 0 unspecified atom stereocenters. The van der Waals surface area contributed by atoms with Crippen molar-refractivity contribution in [2.24, 2.45) is 5.73 Å². The molecule has 0 bridgehead atoms. The summed E-state index contributed by atoms with van der Waals surface area (Å²) in [5.74, 6) is -0.357. The maximum absolute atomic E-state index is 10.3. The molecule has 0 saturated heterocycles. The first-order valence-electron chi connectivity index (χ1n) is 4.38. The van der Waals surface area contributed by atoms with E-state index in [1.807, 2.05) is 30.3 Å². The van der Waals surface area contributed by atoms with Gasteiger partial charge in [-0.15, -0.1) is 0 Å². The van der Waals surface area contributed by atoms with E-state index in [0.717, 1.165) is 5.56 Å². The summed E-state index contributed by atoms with van der Waals surface area (Å²) in [6.45, 7) is 0.510. The van der Waals surface area contributed by atoms with E-state index in [0.29, 0.717) is 6.61 Å². The Morgan fingerprint density at radius 3 is 2.71 bits per heavy atom. The van der Waals surface area contributed by atoms with Gasteiger partial charge in [0.05, 0.1) is 6.26 Å². The number of ether oxygens (including phenoxy) is 1. The molecule has 74 valence electrons. The zero-order chi connectivity index (χ0) is 10.2. The number of carbonyl (C=O) groups excluding carboxylic acids is 1. The summed E-state index contributed by atoms with van der Waals surface area (Å²) in [5, 5.41) is 0. The molecular formula is C11H13NO2. The smallest absolute Gasteiger partial charge is 0.221 e. The Morgan fingerprint density at radius 2 is 2.07 bits per heavy atom. The van der Waals surface area contributed by atoms with E-state index in [1.54, 1.807) is 6.08 Å². The summed E-state index contributed by atoms with van der Waals surface area (Å²) in [6.07, 6.45) is 3.32. The molecule has 1 aromatic rings. The first-order chi connectivity index (χ1) is 6.79. The van der Waals surface area contributed by atoms with Gasteiger partial charge in [-0.05, 0) is 11.6 Å². The molecular weight excluding hydrogens is 178 g/mol. The lowest BCUT2D eigenvalue weighted by Gasteiger charge is -1.99. The fourth-order valence-corrected chi connectivity index (χ4v) is 0.951. The van der Waals surface area contributed by atoms with Crippen LogP contribution in [0, 0.1) is 0 Å². The van der Waals surface area contributed by atoms with Gasteiger partial charge in [0, 0.05) is 6.42 Å². The zero-order valence-corrected chi connectivity index (χ0v) is 7.85. The number of hydrogen-bond acceptors (Lipinski definition) is 2. The minimum atomic E-state index is -0.357. The molecule has 0 radical (unpaired) electrons. The fourth-order valence-electron chi connectivity index (χ4n) is 0.951. The maximum atomic E-state index is 10.3. The summed E-state index contributed by atoms with van der Waals surface area (Å²) in [4.78, 5) is 10.3. The largest absolute Gasteiger partial charge is 0.497 e. The summed E-state index contributed by atoms with van der Waals surface area (Å²) in [7, 11) is 0. The highest BCUT2D eigenvalue weighted by Gasteiger charge is 1.89. The normalized spacial score (nSPS) is 10.3. The van der Waals surface area contributed by atoms with Crippen LogP contribution in [0.1, 0.15) is 12.0 Å². The topological polar surface area (TPSA) is 52.3 Å². The third-order valence-electron chi connectivity index (χ3n) is 1.60. The molecule has 3 heteroatoms. The van der Waals surface area contributed by atoms with Gasteiger partial charge in [-0.2, -0.15) is 0 Å². The molecule has 0 fully saturated rings. The molecule has 0 atom stereocenters. The highest BCUT2D eigenvalue weighted by molar-refractivity contribution is 5.75. The molecule has 0 aliphatic carbocycles. The Morgan fingerprint density at radius 1 is 1.36 bits per heavy atom. The van der Waals surface area contributed by atoms with Crippen molar-refractivity contribution >= 4 is 5.91 Å². The molecule has 0 saturated carbocycles. The molecule has 2 N–H and O–H groups in total. The van der Waals surface area contributed by atoms with E-state index in [1.165, 1.54) is 6.26 Å². The highest BCUT2D eigenvalue weighted by atomic mass is 16.5. The van der Waals surface area contributed by atoms with Crippen LogP contribution in [0.5, 0.6) is 0 Å². The molecule has 0 spiro atoms. The van der Waals surface area contributed by atoms with E-state index in [9.17, 15) is 4.79 Å². The van der Waals surface area contributed by atoms with Gasteiger partial charge in [-0.25, -0.2) is 0 Å². The Balaban J connectivity index is 2.22. The predicted molar refractivity (Wildman–Crippen MR) is 54.2 cm³/mol. The summed E-state index contributed by atoms with van der Waals surface area (Å²) >= 11 is 0. The van der Waals surface area contributed by atoms with Crippen molar-refractivity contribution in [1.82, 2.24) is 0 Å². The summed E-state index contributed by atoms with van der Waals surface area (Å²) in [5.41, 5.74) is 6.03. The standard InChI is InChI=1S/C11H13NO2/c12-11(13)7-4-8-14-9-10-5-2-1-3-6-10/h1-6,8H,7,9H2,(H2,12,13). The number of benzene rings is 1. The van der Waals surface area contributed by atoms with Crippen molar-refractivity contribution < 1.29 is 9.53 Å². The predicted octanol–water partition coefficient (Wildman–Crippen LogP) is 1.59. The average Bonchev–Trinajstić information content (AvgIpc) is 2.18. The monoisotopic (exact) mass is 191 g/mol. The minimum Gasteiger partial charge on any atom is -0.497 e. The second-order valence-electron chi connectivity index (χ2n) is 2.84. The van der Waals surface area contributed by atoms with Gasteiger partial charge >= 0.3 is 0 Å². The van der Waals surface area contributed by atoms with E-state index in [-0.39, 0.29) is 12.3 Å². The van der Waals surface area contributed by atoms with Crippen molar-refractivity contribution in [1.29, 1.82) is 0 Å². The fraction of sp³-hybridized carbons (Fsp3) is 0.182. The molecule has 1 amide bonds. The number of amides is 1. The minimum absolute atomic E-state index is 0.217. The molecule has 0 heterocycles. The molecule has 1 rings (SSSR count). The van der Waals surface area contributed by atoms with Gasteiger partial charge in [0.25, 0.3) is 0 Å². The first kappa shape index (κ1) is 10.3. The van der Waals surface area contributed by atoms with Gasteiger partial charge in [-0.3, -0.25) is 4.79 Å². The lowest BCUT2D eigenvalue weighted by atomic mass is 10.2. The second kappa shape index (κ2) is 5.80. The number of nitrogens with two attached hydrogens (primary N) is 1. The van der Waals surface area contributed by atoms with Gasteiger partial charge in [-0.1, -0.05) is 30.3 Å². The quantitative estimate of drug-likeness (QED) is 0.718. The second-order valence-corrected chi connectivity index (χ2v) is 2.84.